The fourth-order valence-electron chi connectivity index (χ4n) is 4.02. The van der Waals surface area contributed by atoms with Crippen LogP contribution in [0.15, 0.2) is 79.0 Å². The van der Waals surface area contributed by atoms with Crippen LogP contribution in [0.5, 0.6) is 0 Å². The van der Waals surface area contributed by atoms with Gasteiger partial charge in [0.25, 0.3) is 5.91 Å². The number of carbonyl (C=O) groups is 2. The van der Waals surface area contributed by atoms with Crippen molar-refractivity contribution in [1.29, 1.82) is 5.26 Å². The second-order valence-corrected chi connectivity index (χ2v) is 8.48. The van der Waals surface area contributed by atoms with Gasteiger partial charge in [0.15, 0.2) is 5.78 Å². The molecule has 37 heavy (non-hydrogen) atoms. The number of aromatic amines is 1. The van der Waals surface area contributed by atoms with Crippen molar-refractivity contribution in [3.05, 3.63) is 107 Å². The van der Waals surface area contributed by atoms with E-state index in [1.165, 1.54) is 12.1 Å². The maximum atomic E-state index is 13.7. The minimum Gasteiger partial charge on any atom is -0.360 e. The third-order valence-electron chi connectivity index (χ3n) is 5.90. The Labute approximate surface area is 211 Å². The molecule has 6 nitrogen and oxygen atoms in total. The molecule has 188 valence electrons. The van der Waals surface area contributed by atoms with Crippen molar-refractivity contribution in [2.75, 3.05) is 13.1 Å². The molecule has 3 N–H and O–H groups in total. The number of amides is 1. The van der Waals surface area contributed by atoms with E-state index in [2.05, 4.69) is 16.4 Å². The lowest BCUT2D eigenvalue weighted by atomic mass is 9.96. The molecule has 0 bridgehead atoms. The van der Waals surface area contributed by atoms with Crippen LogP contribution in [0.25, 0.3) is 10.9 Å². The van der Waals surface area contributed by atoms with Gasteiger partial charge in [-0.3, -0.25) is 9.59 Å². The van der Waals surface area contributed by atoms with Crippen molar-refractivity contribution in [1.82, 2.24) is 15.6 Å². The average molecular weight is 505 g/mol. The number of hydrogen-bond acceptors (Lipinski definition) is 4. The molecule has 1 aromatic heterocycles. The molecule has 0 aliphatic rings. The van der Waals surface area contributed by atoms with Gasteiger partial charge in [0.1, 0.15) is 6.54 Å². The Kier molecular flexibility index (Phi) is 7.70. The molecule has 0 radical (unpaired) electrons. The third kappa shape index (κ3) is 6.42. The van der Waals surface area contributed by atoms with Crippen LogP contribution >= 0.6 is 0 Å². The predicted octanol–water partition coefficient (Wildman–Crippen LogP) is 5.09. The van der Waals surface area contributed by atoms with E-state index in [1.54, 1.807) is 24.4 Å². The molecule has 0 saturated carbocycles. The van der Waals surface area contributed by atoms with Gasteiger partial charge in [-0.1, -0.05) is 48.5 Å². The second kappa shape index (κ2) is 11.1. The molecule has 4 rings (SSSR count). The van der Waals surface area contributed by atoms with Crippen molar-refractivity contribution in [3.8, 4) is 6.07 Å². The monoisotopic (exact) mass is 504 g/mol. The molecule has 0 fully saturated rings. The number of aromatic nitrogens is 1. The number of rotatable bonds is 9. The first kappa shape index (κ1) is 25.7. The Morgan fingerprint density at radius 2 is 1.73 bits per heavy atom. The summed E-state index contributed by atoms with van der Waals surface area (Å²) in [5.74, 6) is -1.04. The van der Waals surface area contributed by atoms with E-state index in [0.29, 0.717) is 35.0 Å². The van der Waals surface area contributed by atoms with Gasteiger partial charge in [-0.15, -0.1) is 0 Å². The topological polar surface area (TPSA) is 97.8 Å². The lowest BCUT2D eigenvalue weighted by molar-refractivity contribution is -0.123. The van der Waals surface area contributed by atoms with Crippen LogP contribution < -0.4 is 10.6 Å². The first-order chi connectivity index (χ1) is 17.7. The number of nitrogens with zero attached hydrogens (tertiary/aromatic N) is 1. The minimum absolute atomic E-state index is 0.0535. The van der Waals surface area contributed by atoms with Crippen molar-refractivity contribution < 1.29 is 22.8 Å². The Morgan fingerprint density at radius 3 is 2.41 bits per heavy atom. The molecule has 1 amide bonds. The lowest BCUT2D eigenvalue weighted by Gasteiger charge is -2.18. The number of carbonyl (C=O) groups excluding carboxylic acids is 2. The maximum absolute atomic E-state index is 13.7. The van der Waals surface area contributed by atoms with Crippen molar-refractivity contribution in [2.24, 2.45) is 0 Å². The first-order valence-electron chi connectivity index (χ1n) is 11.5. The van der Waals surface area contributed by atoms with Gasteiger partial charge in [-0.2, -0.15) is 18.4 Å². The summed E-state index contributed by atoms with van der Waals surface area (Å²) in [6.07, 6.45) is -2.32. The Balaban J connectivity index is 1.53. The highest BCUT2D eigenvalue weighted by Gasteiger charge is 2.28. The van der Waals surface area contributed by atoms with Crippen LogP contribution in [0, 0.1) is 11.3 Å². The van der Waals surface area contributed by atoms with Gasteiger partial charge in [0.05, 0.1) is 17.7 Å². The highest BCUT2D eigenvalue weighted by molar-refractivity contribution is 6.11. The number of ketones is 1. The first-order valence-corrected chi connectivity index (χ1v) is 11.5. The van der Waals surface area contributed by atoms with Crippen LogP contribution in [0.1, 0.15) is 43.4 Å². The summed E-state index contributed by atoms with van der Waals surface area (Å²) >= 11 is 0. The zero-order chi connectivity index (χ0) is 26.4. The Bertz CT molecular complexity index is 1440. The van der Waals surface area contributed by atoms with Crippen LogP contribution in [-0.2, 0) is 6.42 Å². The van der Waals surface area contributed by atoms with Crippen molar-refractivity contribution in [3.63, 3.8) is 0 Å². The van der Waals surface area contributed by atoms with Crippen molar-refractivity contribution in [2.45, 2.75) is 18.6 Å². The van der Waals surface area contributed by atoms with Gasteiger partial charge >= 0.3 is 6.18 Å². The number of nitrogens with one attached hydrogen (secondary N) is 3. The van der Waals surface area contributed by atoms with E-state index in [4.69, 9.17) is 5.26 Å². The molecule has 0 spiro atoms. The molecule has 3 aromatic carbocycles. The highest BCUT2D eigenvalue weighted by Crippen LogP contribution is 2.26. The number of nitriles is 1. The third-order valence-corrected chi connectivity index (χ3v) is 5.90. The van der Waals surface area contributed by atoms with Gasteiger partial charge in [0.2, 0.25) is 0 Å². The number of H-pyrrole nitrogens is 1. The number of alkyl halides is 3. The zero-order valence-corrected chi connectivity index (χ0v) is 19.6. The van der Waals surface area contributed by atoms with E-state index < -0.39 is 24.7 Å². The summed E-state index contributed by atoms with van der Waals surface area (Å²) in [7, 11) is 0. The summed E-state index contributed by atoms with van der Waals surface area (Å²) in [5, 5.41) is 14.7. The number of benzene rings is 3. The Hall–Kier alpha value is -4.42. The van der Waals surface area contributed by atoms with E-state index in [-0.39, 0.29) is 11.3 Å². The molecule has 9 heteroatoms. The highest BCUT2D eigenvalue weighted by atomic mass is 19.4. The fraction of sp³-hybridized carbons (Fsp3) is 0.179. The number of Topliss-reactive ketones (excluding diaryl/α,β-unsaturated/α-hetero) is 1. The SMILES string of the molecule is N#Cc1ccc(CCNC(C(=O)c2c[nH]c3cc(C(=O)NCC(F)(F)F)ccc23)c2ccccc2)cc1. The van der Waals surface area contributed by atoms with Crippen molar-refractivity contribution >= 4 is 22.6 Å². The summed E-state index contributed by atoms with van der Waals surface area (Å²) in [6, 6.07) is 22.3. The van der Waals surface area contributed by atoms with Gasteiger partial charge in [-0.25, -0.2) is 0 Å². The normalized spacial score (nSPS) is 12.2. The summed E-state index contributed by atoms with van der Waals surface area (Å²) in [6.45, 7) is -0.922. The molecule has 0 aliphatic heterocycles. The summed E-state index contributed by atoms with van der Waals surface area (Å²) < 4.78 is 37.3. The average Bonchev–Trinajstić information content (AvgIpc) is 3.33. The predicted molar refractivity (Wildman–Crippen MR) is 133 cm³/mol. The zero-order valence-electron chi connectivity index (χ0n) is 19.6. The largest absolute Gasteiger partial charge is 0.405 e. The quantitative estimate of drug-likeness (QED) is 0.277. The van der Waals surface area contributed by atoms with E-state index in [0.717, 1.165) is 11.1 Å². The number of hydrogen-bond donors (Lipinski definition) is 3. The van der Waals surface area contributed by atoms with E-state index in [1.807, 2.05) is 47.8 Å². The fourth-order valence-corrected chi connectivity index (χ4v) is 4.02. The second-order valence-electron chi connectivity index (χ2n) is 8.48. The van der Waals surface area contributed by atoms with Gasteiger partial charge in [0, 0.05) is 34.8 Å². The summed E-state index contributed by atoms with van der Waals surface area (Å²) in [5.41, 5.74) is 3.30. The molecule has 1 unspecified atom stereocenters. The molecule has 1 heterocycles. The molecule has 4 aromatic rings. The number of halogens is 3. The summed E-state index contributed by atoms with van der Waals surface area (Å²) in [4.78, 5) is 28.7. The maximum Gasteiger partial charge on any atom is 0.405 e. The van der Waals surface area contributed by atoms with E-state index >= 15 is 0 Å². The minimum atomic E-state index is -4.51. The van der Waals surface area contributed by atoms with Crippen LogP contribution in [0.2, 0.25) is 0 Å². The molecule has 0 aliphatic carbocycles. The van der Waals surface area contributed by atoms with Crippen LogP contribution in [0.3, 0.4) is 0 Å². The Morgan fingerprint density at radius 1 is 1.00 bits per heavy atom. The van der Waals surface area contributed by atoms with E-state index in [9.17, 15) is 22.8 Å². The molecular weight excluding hydrogens is 481 g/mol. The van der Waals surface area contributed by atoms with Crippen LogP contribution in [-0.4, -0.2) is 35.9 Å². The molecular formula is C28H23F3N4O2. The number of fused-ring (bicyclic) bond motifs is 1. The smallest absolute Gasteiger partial charge is 0.360 e. The van der Waals surface area contributed by atoms with Gasteiger partial charge < -0.3 is 15.6 Å². The lowest BCUT2D eigenvalue weighted by Crippen LogP contribution is -2.33. The molecule has 1 atom stereocenters. The van der Waals surface area contributed by atoms with Gasteiger partial charge in [-0.05, 0) is 41.8 Å². The standard InChI is InChI=1S/C28H23F3N4O2/c29-28(30,31)17-35-27(37)21-10-11-22-23(16-34-24(22)14-21)26(36)25(20-4-2-1-3-5-20)33-13-12-18-6-8-19(15-32)9-7-18/h1-11,14,16,25,33-34H,12-13,17H2,(H,35,37). The molecule has 0 saturated heterocycles. The van der Waals surface area contributed by atoms with Crippen LogP contribution in [0.4, 0.5) is 13.2 Å².